The van der Waals surface area contributed by atoms with E-state index >= 15 is 0 Å². The molecule has 2 nitrogen and oxygen atoms in total. The van der Waals surface area contributed by atoms with Crippen LogP contribution in [0, 0.1) is 0 Å². The lowest BCUT2D eigenvalue weighted by Gasteiger charge is -2.14. The van der Waals surface area contributed by atoms with E-state index in [1.54, 1.807) is 0 Å². The van der Waals surface area contributed by atoms with Crippen LogP contribution in [-0.4, -0.2) is 12.4 Å². The van der Waals surface area contributed by atoms with Crippen molar-refractivity contribution >= 4 is 0 Å². The number of alkyl halides is 3. The summed E-state index contributed by atoms with van der Waals surface area (Å²) >= 11 is 0. The Labute approximate surface area is 67.5 Å². The number of halogens is 3. The Morgan fingerprint density at radius 3 is 2.58 bits per heavy atom. The van der Waals surface area contributed by atoms with Crippen molar-refractivity contribution in [3.8, 4) is 0 Å². The number of rotatable bonds is 1. The van der Waals surface area contributed by atoms with E-state index in [-0.39, 0.29) is 11.8 Å². The third kappa shape index (κ3) is 2.96. The van der Waals surface area contributed by atoms with Crippen molar-refractivity contribution in [2.45, 2.75) is 18.8 Å². The van der Waals surface area contributed by atoms with Crippen molar-refractivity contribution in [3.63, 3.8) is 0 Å². The largest absolute Gasteiger partial charge is 0.573 e. The fourth-order valence-electron chi connectivity index (χ4n) is 0.827. The van der Waals surface area contributed by atoms with Gasteiger partial charge in [-0.15, -0.1) is 13.2 Å². The second-order valence-corrected chi connectivity index (χ2v) is 2.41. The molecule has 68 valence electrons. The average Bonchev–Trinajstić information content (AvgIpc) is 1.91. The number of nitrogens with two attached hydrogens (primary N) is 1. The molecule has 0 aromatic carbocycles. The summed E-state index contributed by atoms with van der Waals surface area (Å²) in [6, 6.07) is -0.203. The van der Waals surface area contributed by atoms with Gasteiger partial charge in [0.1, 0.15) is 5.76 Å². The lowest BCUT2D eigenvalue weighted by Crippen LogP contribution is -2.20. The van der Waals surface area contributed by atoms with Crippen LogP contribution in [0.2, 0.25) is 0 Å². The minimum Gasteiger partial charge on any atom is -0.406 e. The van der Waals surface area contributed by atoms with E-state index < -0.39 is 6.36 Å². The first kappa shape index (κ1) is 9.12. The maximum absolute atomic E-state index is 11.6. The van der Waals surface area contributed by atoms with Gasteiger partial charge in [0.05, 0.1) is 0 Å². The Balaban J connectivity index is 2.51. The predicted octanol–water partition coefficient (Wildman–Crippen LogP) is 1.69. The van der Waals surface area contributed by atoms with E-state index in [1.165, 1.54) is 18.2 Å². The smallest absolute Gasteiger partial charge is 0.406 e. The van der Waals surface area contributed by atoms with Gasteiger partial charge >= 0.3 is 6.36 Å². The van der Waals surface area contributed by atoms with Crippen molar-refractivity contribution in [2.75, 3.05) is 0 Å². The Morgan fingerprint density at radius 1 is 1.50 bits per heavy atom. The first-order valence-corrected chi connectivity index (χ1v) is 3.37. The van der Waals surface area contributed by atoms with Crippen LogP contribution in [0.1, 0.15) is 6.42 Å². The fourth-order valence-corrected chi connectivity index (χ4v) is 0.827. The molecule has 0 aromatic heterocycles. The van der Waals surface area contributed by atoms with Crippen LogP contribution in [0.5, 0.6) is 0 Å². The molecule has 0 saturated carbocycles. The van der Waals surface area contributed by atoms with E-state index in [0.717, 1.165) is 0 Å². The number of hydrogen-bond donors (Lipinski definition) is 1. The summed E-state index contributed by atoms with van der Waals surface area (Å²) < 4.78 is 38.5. The lowest BCUT2D eigenvalue weighted by molar-refractivity contribution is -0.303. The highest BCUT2D eigenvalue weighted by Crippen LogP contribution is 2.23. The molecule has 0 spiro atoms. The zero-order valence-electron chi connectivity index (χ0n) is 6.14. The minimum absolute atomic E-state index is 0.191. The molecular formula is C7H8F3NO. The fraction of sp³-hybridized carbons (Fsp3) is 0.429. The van der Waals surface area contributed by atoms with Gasteiger partial charge in [-0.25, -0.2) is 0 Å². The van der Waals surface area contributed by atoms with Crippen LogP contribution >= 0.6 is 0 Å². The first-order valence-electron chi connectivity index (χ1n) is 3.37. The summed E-state index contributed by atoms with van der Waals surface area (Å²) in [5.41, 5.74) is 5.39. The van der Waals surface area contributed by atoms with Gasteiger partial charge in [0.25, 0.3) is 0 Å². The molecular weight excluding hydrogens is 171 g/mol. The summed E-state index contributed by atoms with van der Waals surface area (Å²) in [4.78, 5) is 0. The van der Waals surface area contributed by atoms with Crippen molar-refractivity contribution in [3.05, 3.63) is 24.0 Å². The van der Waals surface area contributed by atoms with E-state index in [2.05, 4.69) is 4.74 Å². The first-order chi connectivity index (χ1) is 5.47. The molecule has 0 aliphatic heterocycles. The molecule has 0 saturated heterocycles. The molecule has 12 heavy (non-hydrogen) atoms. The van der Waals surface area contributed by atoms with Crippen LogP contribution in [0.4, 0.5) is 13.2 Å². The van der Waals surface area contributed by atoms with E-state index in [9.17, 15) is 13.2 Å². The van der Waals surface area contributed by atoms with E-state index in [1.807, 2.05) is 0 Å². The molecule has 1 aliphatic rings. The monoisotopic (exact) mass is 179 g/mol. The molecule has 0 fully saturated rings. The minimum atomic E-state index is -4.61. The normalized spacial score (nSPS) is 23.7. The van der Waals surface area contributed by atoms with Crippen molar-refractivity contribution in [2.24, 2.45) is 5.73 Å². The van der Waals surface area contributed by atoms with Gasteiger partial charge in [0.15, 0.2) is 0 Å². The SMILES string of the molecule is NC1C=CC(OC(F)(F)F)=CC1. The van der Waals surface area contributed by atoms with Crippen LogP contribution in [0.25, 0.3) is 0 Å². The molecule has 1 rings (SSSR count). The highest BCUT2D eigenvalue weighted by atomic mass is 19.4. The van der Waals surface area contributed by atoms with Gasteiger partial charge < -0.3 is 10.5 Å². The quantitative estimate of drug-likeness (QED) is 0.664. The molecule has 1 unspecified atom stereocenters. The van der Waals surface area contributed by atoms with Crippen molar-refractivity contribution in [1.82, 2.24) is 0 Å². The molecule has 1 aliphatic carbocycles. The molecule has 0 bridgehead atoms. The zero-order valence-corrected chi connectivity index (χ0v) is 6.14. The number of allylic oxidation sites excluding steroid dienone is 1. The van der Waals surface area contributed by atoms with Crippen LogP contribution in [-0.2, 0) is 4.74 Å². The summed E-state index contributed by atoms with van der Waals surface area (Å²) in [6.45, 7) is 0. The lowest BCUT2D eigenvalue weighted by atomic mass is 10.1. The standard InChI is InChI=1S/C7H8F3NO/c8-7(9,10)12-6-3-1-5(11)2-4-6/h1,3-5H,2,11H2. The van der Waals surface area contributed by atoms with Gasteiger partial charge in [0, 0.05) is 6.04 Å². The molecule has 5 heteroatoms. The topological polar surface area (TPSA) is 35.2 Å². The van der Waals surface area contributed by atoms with Gasteiger partial charge in [-0.1, -0.05) is 6.08 Å². The highest BCUT2D eigenvalue weighted by Gasteiger charge is 2.31. The molecule has 1 atom stereocenters. The third-order valence-corrected chi connectivity index (χ3v) is 1.33. The zero-order chi connectivity index (χ0) is 9.19. The van der Waals surface area contributed by atoms with Crippen molar-refractivity contribution in [1.29, 1.82) is 0 Å². The van der Waals surface area contributed by atoms with Crippen molar-refractivity contribution < 1.29 is 17.9 Å². The molecule has 0 radical (unpaired) electrons. The molecule has 0 aromatic rings. The molecule has 0 amide bonds. The Morgan fingerprint density at radius 2 is 2.17 bits per heavy atom. The average molecular weight is 179 g/mol. The van der Waals surface area contributed by atoms with Gasteiger partial charge in [-0.05, 0) is 18.6 Å². The van der Waals surface area contributed by atoms with Gasteiger partial charge in [-0.2, -0.15) is 0 Å². The highest BCUT2D eigenvalue weighted by molar-refractivity contribution is 5.19. The molecule has 0 heterocycles. The molecule has 2 N–H and O–H groups in total. The van der Waals surface area contributed by atoms with Crippen LogP contribution < -0.4 is 5.73 Å². The second-order valence-electron chi connectivity index (χ2n) is 2.41. The Kier molecular flexibility index (Phi) is 2.42. The Hall–Kier alpha value is -0.970. The van der Waals surface area contributed by atoms with Gasteiger partial charge in [-0.3, -0.25) is 0 Å². The van der Waals surface area contributed by atoms with E-state index in [0.29, 0.717) is 6.42 Å². The maximum Gasteiger partial charge on any atom is 0.573 e. The van der Waals surface area contributed by atoms with Crippen LogP contribution in [0.15, 0.2) is 24.0 Å². The summed E-state index contributed by atoms with van der Waals surface area (Å²) in [5, 5.41) is 0. The summed E-state index contributed by atoms with van der Waals surface area (Å²) in [5.74, 6) is -0.191. The van der Waals surface area contributed by atoms with E-state index in [4.69, 9.17) is 5.73 Å². The maximum atomic E-state index is 11.6. The van der Waals surface area contributed by atoms with Crippen LogP contribution in [0.3, 0.4) is 0 Å². The second kappa shape index (κ2) is 3.18. The Bertz CT molecular complexity index is 219. The van der Waals surface area contributed by atoms with Gasteiger partial charge in [0.2, 0.25) is 0 Å². The summed E-state index contributed by atoms with van der Waals surface area (Å²) in [7, 11) is 0. The summed E-state index contributed by atoms with van der Waals surface area (Å²) in [6.07, 6.45) is -0.222. The predicted molar refractivity (Wildman–Crippen MR) is 37.0 cm³/mol. The third-order valence-electron chi connectivity index (χ3n) is 1.33. The number of ether oxygens (including phenoxy) is 1. The number of hydrogen-bond acceptors (Lipinski definition) is 2.